The Labute approximate surface area is 194 Å². The first-order valence-corrected chi connectivity index (χ1v) is 10.8. The Balaban J connectivity index is 2.93. The van der Waals surface area contributed by atoms with Crippen molar-refractivity contribution in [3.63, 3.8) is 0 Å². The third kappa shape index (κ3) is 13.3. The van der Waals surface area contributed by atoms with Crippen molar-refractivity contribution in [1.82, 2.24) is 19.6 Å². The number of aliphatic carboxylic acids is 2. The fourth-order valence-corrected chi connectivity index (χ4v) is 3.51. The van der Waals surface area contributed by atoms with Gasteiger partial charge in [-0.3, -0.25) is 33.9 Å². The summed E-state index contributed by atoms with van der Waals surface area (Å²) in [6, 6.07) is 0. The first kappa shape index (κ1) is 26.3. The lowest BCUT2D eigenvalue weighted by atomic mass is 10.2. The summed E-state index contributed by atoms with van der Waals surface area (Å²) in [5.74, 6) is -2.66. The van der Waals surface area contributed by atoms with Crippen LogP contribution in [0.4, 0.5) is 0 Å². The minimum atomic E-state index is -1.01. The zero-order valence-corrected chi connectivity index (χ0v) is 18.8. The largest absolute Gasteiger partial charge is 0.480 e. The molecule has 4 N–H and O–H groups in total. The van der Waals surface area contributed by atoms with E-state index in [1.54, 1.807) is 19.6 Å². The Morgan fingerprint density at radius 3 is 1.79 bits per heavy atom. The Hall–Kier alpha value is -2.93. The highest BCUT2D eigenvalue weighted by molar-refractivity contribution is 5.76. The van der Waals surface area contributed by atoms with Crippen LogP contribution in [0, 0.1) is 0 Å². The lowest BCUT2D eigenvalue weighted by molar-refractivity contribution is -0.139. The van der Waals surface area contributed by atoms with Gasteiger partial charge in [0.2, 0.25) is 11.8 Å². The number of hydrogen-bond donors (Lipinski definition) is 3. The summed E-state index contributed by atoms with van der Waals surface area (Å²) in [6.45, 7) is 2.27. The summed E-state index contributed by atoms with van der Waals surface area (Å²) in [4.78, 5) is 56.6. The van der Waals surface area contributed by atoms with Gasteiger partial charge in [-0.2, -0.15) is 0 Å². The second-order valence-corrected chi connectivity index (χ2v) is 7.83. The average molecular weight is 473 g/mol. The Morgan fingerprint density at radius 1 is 0.848 bits per heavy atom. The van der Waals surface area contributed by atoms with Gasteiger partial charge in [0.1, 0.15) is 0 Å². The number of carbonyl (C=O) groups is 4. The van der Waals surface area contributed by atoms with E-state index in [0.717, 1.165) is 0 Å². The van der Waals surface area contributed by atoms with E-state index in [-0.39, 0.29) is 45.1 Å². The first-order valence-electron chi connectivity index (χ1n) is 11.3. The molecule has 0 bridgehead atoms. The molecule has 1 rings (SSSR count). The summed E-state index contributed by atoms with van der Waals surface area (Å²) in [5, 5.41) is 22.0. The smallest absolute Gasteiger partial charge is 0.317 e. The van der Waals surface area contributed by atoms with Crippen molar-refractivity contribution < 1.29 is 30.8 Å². The summed E-state index contributed by atoms with van der Waals surface area (Å²) < 4.78 is 7.01. The maximum absolute atomic E-state index is 12.8. The molecule has 186 valence electrons. The molecule has 14 nitrogen and oxygen atoms in total. The molecule has 1 heterocycles. The number of carboxylic acids is 2. The summed E-state index contributed by atoms with van der Waals surface area (Å²) in [5.41, 5.74) is 10.2. The molecule has 0 aromatic carbocycles. The van der Waals surface area contributed by atoms with Crippen LogP contribution in [0.15, 0.2) is 5.11 Å². The van der Waals surface area contributed by atoms with Gasteiger partial charge in [-0.1, -0.05) is 5.11 Å². The zero-order chi connectivity index (χ0) is 25.3. The second kappa shape index (κ2) is 15.8. The van der Waals surface area contributed by atoms with Gasteiger partial charge in [0.25, 0.3) is 0 Å². The van der Waals surface area contributed by atoms with Crippen LogP contribution in [0.3, 0.4) is 0 Å². The molecule has 1 saturated heterocycles. The predicted octanol–water partition coefficient (Wildman–Crippen LogP) is -1.13. The SMILES string of the molecule is [3H]NC(=O)CN1CCN(CC(=O)O)CCN(C(=O)CCCCN=[N+]=[N-])CCN(CC(=O)O)CC1. The normalized spacial score (nSPS) is 17.7. The highest BCUT2D eigenvalue weighted by Gasteiger charge is 2.21. The van der Waals surface area contributed by atoms with Crippen molar-refractivity contribution >= 4 is 23.8 Å². The molecule has 0 unspecified atom stereocenters. The quantitative estimate of drug-likeness (QED) is 0.144. The molecule has 2 amide bonds. The standard InChI is InChI=1S/C19H34N8O6/c20-16(28)13-24-5-7-25(14-18(30)31)9-11-27(17(29)3-1-2-4-22-23-21)12-10-26(8-6-24)15-19(32)33/h1-15H2,(H2,20,28)(H,30,31)(H,32,33)/i/hT. The number of nitrogens with zero attached hydrogens (tertiary/aromatic N) is 7. The summed E-state index contributed by atoms with van der Waals surface area (Å²) in [6.07, 6.45) is 1.36. The molecule has 0 spiro atoms. The number of carboxylic acid groups (broad SMARTS) is 2. The maximum atomic E-state index is 12.8. The van der Waals surface area contributed by atoms with Crippen LogP contribution in [0.2, 0.25) is 1.41 Å². The van der Waals surface area contributed by atoms with Gasteiger partial charge in [0, 0.05) is 70.2 Å². The number of nitrogens with two attached hydrogens (primary N) is 1. The average Bonchev–Trinajstić information content (AvgIpc) is 2.77. The molecule has 1 aliphatic heterocycles. The van der Waals surface area contributed by atoms with E-state index in [0.29, 0.717) is 58.7 Å². The van der Waals surface area contributed by atoms with E-state index in [1.807, 2.05) is 5.73 Å². The van der Waals surface area contributed by atoms with Gasteiger partial charge in [0.05, 0.1) is 19.6 Å². The number of rotatable bonds is 11. The zero-order valence-electron chi connectivity index (χ0n) is 19.8. The minimum absolute atomic E-state index is 0.0637. The first-order chi connectivity index (χ1) is 16.2. The van der Waals surface area contributed by atoms with Gasteiger partial charge >= 0.3 is 11.9 Å². The van der Waals surface area contributed by atoms with E-state index < -0.39 is 17.8 Å². The second-order valence-electron chi connectivity index (χ2n) is 7.83. The van der Waals surface area contributed by atoms with Crippen molar-refractivity contribution in [3.05, 3.63) is 10.4 Å². The maximum Gasteiger partial charge on any atom is 0.317 e. The minimum Gasteiger partial charge on any atom is -0.480 e. The monoisotopic (exact) mass is 472 g/mol. The molecule has 0 aromatic rings. The van der Waals surface area contributed by atoms with Crippen LogP contribution >= 0.6 is 0 Å². The molecule has 33 heavy (non-hydrogen) atoms. The molecule has 0 aromatic heterocycles. The van der Waals surface area contributed by atoms with Crippen LogP contribution in [-0.2, 0) is 19.2 Å². The van der Waals surface area contributed by atoms with E-state index >= 15 is 0 Å². The highest BCUT2D eigenvalue weighted by atomic mass is 16.4. The van der Waals surface area contributed by atoms with Crippen LogP contribution in [-0.4, -0.2) is 132 Å². The Kier molecular flexibility index (Phi) is 12.6. The molecule has 1 aliphatic rings. The molecular formula is C19H34N8O6. The third-order valence-corrected chi connectivity index (χ3v) is 5.24. The van der Waals surface area contributed by atoms with E-state index in [4.69, 9.17) is 6.94 Å². The van der Waals surface area contributed by atoms with Crippen LogP contribution in [0.1, 0.15) is 19.3 Å². The van der Waals surface area contributed by atoms with Crippen molar-refractivity contribution in [3.8, 4) is 0 Å². The molecular weight excluding hydrogens is 436 g/mol. The number of hydrogen-bond acceptors (Lipinski definition) is 8. The third-order valence-electron chi connectivity index (χ3n) is 5.24. The fraction of sp³-hybridized carbons (Fsp3) is 0.789. The molecule has 1 fully saturated rings. The highest BCUT2D eigenvalue weighted by Crippen LogP contribution is 2.05. The van der Waals surface area contributed by atoms with Crippen LogP contribution in [0.25, 0.3) is 10.4 Å². The lowest BCUT2D eigenvalue weighted by Crippen LogP contribution is -2.49. The number of carbonyl (C=O) groups excluding carboxylic acids is 2. The topological polar surface area (TPSA) is 196 Å². The van der Waals surface area contributed by atoms with Gasteiger partial charge in [-0.25, -0.2) is 0 Å². The lowest BCUT2D eigenvalue weighted by Gasteiger charge is -2.33. The van der Waals surface area contributed by atoms with Gasteiger partial charge < -0.3 is 20.8 Å². The molecule has 0 atom stereocenters. The van der Waals surface area contributed by atoms with Gasteiger partial charge in [-0.05, 0) is 18.4 Å². The number of unbranched alkanes of at least 4 members (excludes halogenated alkanes) is 1. The van der Waals surface area contributed by atoms with E-state index in [2.05, 4.69) is 10.0 Å². The van der Waals surface area contributed by atoms with Crippen molar-refractivity contribution in [2.45, 2.75) is 19.3 Å². The van der Waals surface area contributed by atoms with Crippen LogP contribution < -0.4 is 5.73 Å². The summed E-state index contributed by atoms with van der Waals surface area (Å²) in [7, 11) is 0. The van der Waals surface area contributed by atoms with Gasteiger partial charge in [-0.15, -0.1) is 0 Å². The number of azide groups is 1. The van der Waals surface area contributed by atoms with Crippen molar-refractivity contribution in [2.24, 2.45) is 10.8 Å². The van der Waals surface area contributed by atoms with Crippen molar-refractivity contribution in [2.75, 3.05) is 78.5 Å². The number of amides is 2. The van der Waals surface area contributed by atoms with E-state index in [1.165, 1.54) is 0 Å². The Morgan fingerprint density at radius 2 is 1.33 bits per heavy atom. The van der Waals surface area contributed by atoms with Gasteiger partial charge in [0.15, 0.2) is 1.41 Å². The van der Waals surface area contributed by atoms with Crippen LogP contribution in [0.5, 0.6) is 0 Å². The predicted molar refractivity (Wildman–Crippen MR) is 118 cm³/mol. The van der Waals surface area contributed by atoms with Crippen molar-refractivity contribution in [1.29, 1.82) is 0 Å². The fourth-order valence-electron chi connectivity index (χ4n) is 3.51. The molecule has 0 radical (unpaired) electrons. The molecule has 0 aliphatic carbocycles. The Bertz CT molecular complexity index is 704. The van der Waals surface area contributed by atoms with E-state index in [9.17, 15) is 29.4 Å². The molecule has 0 saturated carbocycles. The molecule has 14 heteroatoms. The summed E-state index contributed by atoms with van der Waals surface area (Å²) >= 11 is 0. The number of primary amides is 1.